The van der Waals surface area contributed by atoms with Crippen molar-refractivity contribution < 1.29 is 4.79 Å². The van der Waals surface area contributed by atoms with Crippen LogP contribution < -0.4 is 0 Å². The van der Waals surface area contributed by atoms with E-state index >= 15 is 0 Å². The van der Waals surface area contributed by atoms with Crippen LogP contribution in [0.15, 0.2) is 66.7 Å². The van der Waals surface area contributed by atoms with E-state index in [4.69, 9.17) is 4.98 Å². The van der Waals surface area contributed by atoms with Gasteiger partial charge in [-0.15, -0.1) is 0 Å². The van der Waals surface area contributed by atoms with E-state index < -0.39 is 0 Å². The van der Waals surface area contributed by atoms with Crippen LogP contribution in [-0.2, 0) is 4.79 Å². The topological polar surface area (TPSA) is 30.0 Å². The van der Waals surface area contributed by atoms with Gasteiger partial charge in [0.15, 0.2) is 5.78 Å². The average Bonchev–Trinajstić information content (AvgIpc) is 3.41. The van der Waals surface area contributed by atoms with Crippen molar-refractivity contribution in [3.05, 3.63) is 78.0 Å². The molecule has 0 spiro atoms. The maximum atomic E-state index is 13.5. The van der Waals surface area contributed by atoms with Gasteiger partial charge in [-0.1, -0.05) is 54.6 Å². The Kier molecular flexibility index (Phi) is 3.19. The highest BCUT2D eigenvalue weighted by atomic mass is 16.1. The van der Waals surface area contributed by atoms with Gasteiger partial charge in [-0.3, -0.25) is 4.79 Å². The number of carbonyl (C=O) groups is 1. The summed E-state index contributed by atoms with van der Waals surface area (Å²) in [4.78, 5) is 18.5. The van der Waals surface area contributed by atoms with Crippen LogP contribution >= 0.6 is 0 Å². The Morgan fingerprint density at radius 2 is 1.52 bits per heavy atom. The molecule has 1 aromatic heterocycles. The van der Waals surface area contributed by atoms with Crippen molar-refractivity contribution in [2.45, 2.75) is 19.3 Å². The van der Waals surface area contributed by atoms with Crippen LogP contribution in [0.1, 0.15) is 30.5 Å². The number of para-hydroxylation sites is 1. The first-order valence-corrected chi connectivity index (χ1v) is 10.0. The highest BCUT2D eigenvalue weighted by Crippen LogP contribution is 2.62. The number of pyridine rings is 1. The largest absolute Gasteiger partial charge is 0.294 e. The van der Waals surface area contributed by atoms with Gasteiger partial charge in [-0.05, 0) is 60.3 Å². The third-order valence-corrected chi connectivity index (χ3v) is 7.01. The lowest BCUT2D eigenvalue weighted by molar-refractivity contribution is -0.118. The first-order valence-electron chi connectivity index (χ1n) is 10.0. The summed E-state index contributed by atoms with van der Waals surface area (Å²) < 4.78 is 0. The third-order valence-electron chi connectivity index (χ3n) is 7.01. The molecule has 0 aliphatic heterocycles. The second-order valence-electron chi connectivity index (χ2n) is 8.29. The van der Waals surface area contributed by atoms with Gasteiger partial charge in [-0.2, -0.15) is 0 Å². The summed E-state index contributed by atoms with van der Waals surface area (Å²) in [6, 6.07) is 22.8. The highest BCUT2D eigenvalue weighted by molar-refractivity contribution is 6.32. The molecule has 3 aromatic rings. The van der Waals surface area contributed by atoms with E-state index in [1.807, 2.05) is 30.3 Å². The van der Waals surface area contributed by atoms with Gasteiger partial charge in [0, 0.05) is 16.9 Å². The van der Waals surface area contributed by atoms with Gasteiger partial charge in [0.05, 0.1) is 11.2 Å². The fraction of sp³-hybridized carbons (Fsp3) is 0.280. The zero-order chi connectivity index (χ0) is 18.0. The van der Waals surface area contributed by atoms with E-state index in [9.17, 15) is 4.79 Å². The molecular weight excluding hydrogens is 330 g/mol. The zero-order valence-corrected chi connectivity index (χ0v) is 15.1. The lowest BCUT2D eigenvalue weighted by Gasteiger charge is -2.25. The Morgan fingerprint density at radius 3 is 2.37 bits per heavy atom. The number of aromatic nitrogens is 1. The molecular formula is C25H21NO. The summed E-state index contributed by atoms with van der Waals surface area (Å²) in [6.45, 7) is 0. The first kappa shape index (κ1) is 15.3. The van der Waals surface area contributed by atoms with Crippen LogP contribution in [0.4, 0.5) is 0 Å². The summed E-state index contributed by atoms with van der Waals surface area (Å²) in [6.07, 6.45) is 3.70. The fourth-order valence-electron chi connectivity index (χ4n) is 5.97. The van der Waals surface area contributed by atoms with Crippen molar-refractivity contribution in [3.8, 4) is 0 Å². The Labute approximate surface area is 158 Å². The van der Waals surface area contributed by atoms with Crippen molar-refractivity contribution in [2.75, 3.05) is 0 Å². The Hall–Kier alpha value is -2.74. The predicted molar refractivity (Wildman–Crippen MR) is 108 cm³/mol. The molecule has 132 valence electrons. The van der Waals surface area contributed by atoms with Crippen LogP contribution in [0.3, 0.4) is 0 Å². The number of Topliss-reactive ketones (excluding diaryl/α,β-unsaturated/α-hetero) is 1. The molecule has 0 N–H and O–H groups in total. The Balaban J connectivity index is 1.61. The van der Waals surface area contributed by atoms with Crippen molar-refractivity contribution in [2.24, 2.45) is 23.7 Å². The number of nitrogens with zero attached hydrogens (tertiary/aromatic N) is 1. The number of allylic oxidation sites excluding steroid dienone is 2. The molecule has 3 aliphatic rings. The molecule has 1 heterocycles. The van der Waals surface area contributed by atoms with Gasteiger partial charge in [-0.25, -0.2) is 4.98 Å². The quantitative estimate of drug-likeness (QED) is 0.619. The molecule has 0 unspecified atom stereocenters. The molecule has 0 radical (unpaired) electrons. The Morgan fingerprint density at radius 1 is 0.778 bits per heavy atom. The normalized spacial score (nSPS) is 29.0. The summed E-state index contributed by atoms with van der Waals surface area (Å²) in [5, 5.41) is 1.15. The molecule has 6 rings (SSSR count). The predicted octanol–water partition coefficient (Wildman–Crippen LogP) is 5.39. The molecule has 4 atom stereocenters. The summed E-state index contributed by atoms with van der Waals surface area (Å²) >= 11 is 0. The van der Waals surface area contributed by atoms with Crippen LogP contribution in [0.5, 0.6) is 0 Å². The molecule has 0 amide bonds. The molecule has 2 saturated carbocycles. The number of hydrogen-bond donors (Lipinski definition) is 0. The fourth-order valence-corrected chi connectivity index (χ4v) is 5.97. The summed E-state index contributed by atoms with van der Waals surface area (Å²) in [5.74, 6) is 2.13. The van der Waals surface area contributed by atoms with Crippen molar-refractivity contribution in [1.29, 1.82) is 0 Å². The van der Waals surface area contributed by atoms with E-state index in [0.717, 1.165) is 27.7 Å². The Bertz CT molecular complexity index is 1100. The zero-order valence-electron chi connectivity index (χ0n) is 15.1. The van der Waals surface area contributed by atoms with Crippen LogP contribution in [0, 0.1) is 23.7 Å². The average molecular weight is 351 g/mol. The maximum Gasteiger partial charge on any atom is 0.167 e. The van der Waals surface area contributed by atoms with Crippen molar-refractivity contribution >= 4 is 27.8 Å². The molecule has 2 nitrogen and oxygen atoms in total. The maximum absolute atomic E-state index is 13.5. The van der Waals surface area contributed by atoms with E-state index in [2.05, 4.69) is 36.4 Å². The van der Waals surface area contributed by atoms with E-state index in [1.165, 1.54) is 24.8 Å². The molecule has 27 heavy (non-hydrogen) atoms. The minimum atomic E-state index is 0.183. The molecule has 2 bridgehead atoms. The van der Waals surface area contributed by atoms with Gasteiger partial charge in [0.2, 0.25) is 0 Å². The van der Waals surface area contributed by atoms with Crippen molar-refractivity contribution in [1.82, 2.24) is 4.98 Å². The first-order chi connectivity index (χ1) is 13.3. The molecule has 2 aromatic carbocycles. The van der Waals surface area contributed by atoms with E-state index in [1.54, 1.807) is 0 Å². The highest BCUT2D eigenvalue weighted by Gasteiger charge is 2.57. The number of ketones is 1. The van der Waals surface area contributed by atoms with E-state index in [-0.39, 0.29) is 5.92 Å². The smallest absolute Gasteiger partial charge is 0.167 e. The lowest BCUT2D eigenvalue weighted by atomic mass is 9.77. The molecule has 3 aliphatic carbocycles. The lowest BCUT2D eigenvalue weighted by Crippen LogP contribution is -2.24. The monoisotopic (exact) mass is 351 g/mol. The number of benzene rings is 2. The van der Waals surface area contributed by atoms with E-state index in [0.29, 0.717) is 23.5 Å². The van der Waals surface area contributed by atoms with Gasteiger partial charge in [0.1, 0.15) is 0 Å². The van der Waals surface area contributed by atoms with Gasteiger partial charge in [0.25, 0.3) is 0 Å². The number of carbonyl (C=O) groups excluding carboxylic acids is 1. The molecule has 2 fully saturated rings. The van der Waals surface area contributed by atoms with Gasteiger partial charge < -0.3 is 0 Å². The van der Waals surface area contributed by atoms with Gasteiger partial charge >= 0.3 is 0 Å². The van der Waals surface area contributed by atoms with Crippen LogP contribution in [-0.4, -0.2) is 10.8 Å². The molecule has 0 saturated heterocycles. The SMILES string of the molecule is O=C1C(c2ccccc2)=C(c2ccc3ccccc3n2)[C@@H]2[C@H]3CC[C@H](C3)[C@H]12. The summed E-state index contributed by atoms with van der Waals surface area (Å²) in [7, 11) is 0. The minimum absolute atomic E-state index is 0.183. The number of hydrogen-bond acceptors (Lipinski definition) is 2. The summed E-state index contributed by atoms with van der Waals surface area (Å²) in [5.41, 5.74) is 5.22. The van der Waals surface area contributed by atoms with Crippen LogP contribution in [0.25, 0.3) is 22.0 Å². The second-order valence-corrected chi connectivity index (χ2v) is 8.29. The number of fused-ring (bicyclic) bond motifs is 6. The minimum Gasteiger partial charge on any atom is -0.294 e. The van der Waals surface area contributed by atoms with Crippen molar-refractivity contribution in [3.63, 3.8) is 0 Å². The third kappa shape index (κ3) is 2.13. The van der Waals surface area contributed by atoms with Crippen LogP contribution in [0.2, 0.25) is 0 Å². The standard InChI is InChI=1S/C25H21NO/c27-25-22(16-7-2-1-3-8-16)24(21-17-10-11-18(14-17)23(21)25)20-13-12-15-6-4-5-9-19(15)26-20/h1-9,12-13,17-18,21,23H,10-11,14H2/t17-,18+,21+,23-/m0/s1. The molecule has 2 heteroatoms. The number of rotatable bonds is 2. The second kappa shape index (κ2) is 5.63.